The third-order valence-electron chi connectivity index (χ3n) is 6.51. The zero-order valence-electron chi connectivity index (χ0n) is 21.6. The van der Waals surface area contributed by atoms with E-state index >= 15 is 0 Å². The number of benzene rings is 3. The molecule has 6 heteroatoms. The second-order valence-electron chi connectivity index (χ2n) is 10.1. The van der Waals surface area contributed by atoms with Crippen LogP contribution in [0.25, 0.3) is 22.6 Å². The normalized spacial score (nSPS) is 19.5. The van der Waals surface area contributed by atoms with Gasteiger partial charge in [0.05, 0.1) is 14.2 Å². The number of carbonyl (C=O) groups is 1. The predicted octanol–water partition coefficient (Wildman–Crippen LogP) is 6.82. The van der Waals surface area contributed by atoms with Gasteiger partial charge in [0, 0.05) is 22.1 Å². The van der Waals surface area contributed by atoms with Crippen LogP contribution in [0.15, 0.2) is 89.3 Å². The Morgan fingerprint density at radius 1 is 0.784 bits per heavy atom. The van der Waals surface area contributed by atoms with Crippen LogP contribution in [0.2, 0.25) is 0 Å². The first-order chi connectivity index (χ1) is 17.8. The first-order valence-electron chi connectivity index (χ1n) is 12.1. The summed E-state index contributed by atoms with van der Waals surface area (Å²) in [4.78, 5) is 13.8. The fourth-order valence-corrected chi connectivity index (χ4v) is 4.46. The maximum Gasteiger partial charge on any atom is 0.350 e. The summed E-state index contributed by atoms with van der Waals surface area (Å²) in [5, 5.41) is 0. The van der Waals surface area contributed by atoms with Crippen LogP contribution in [0.5, 0.6) is 11.5 Å². The number of hydrogen-bond donors (Lipinski definition) is 0. The van der Waals surface area contributed by atoms with Gasteiger partial charge >= 0.3 is 5.97 Å². The molecule has 0 aliphatic carbocycles. The highest BCUT2D eigenvalue weighted by Crippen LogP contribution is 2.50. The molecule has 1 aromatic heterocycles. The van der Waals surface area contributed by atoms with Crippen LogP contribution < -0.4 is 9.47 Å². The Bertz CT molecular complexity index is 1380. The van der Waals surface area contributed by atoms with Gasteiger partial charge in [0.25, 0.3) is 0 Å². The van der Waals surface area contributed by atoms with Crippen LogP contribution >= 0.6 is 0 Å². The van der Waals surface area contributed by atoms with Crippen molar-refractivity contribution in [2.24, 2.45) is 5.41 Å². The van der Waals surface area contributed by atoms with Gasteiger partial charge in [-0.3, -0.25) is 0 Å². The minimum Gasteiger partial charge on any atom is -0.497 e. The lowest BCUT2D eigenvalue weighted by Crippen LogP contribution is -2.36. The van der Waals surface area contributed by atoms with Gasteiger partial charge in [0.15, 0.2) is 0 Å². The van der Waals surface area contributed by atoms with Crippen LogP contribution in [0, 0.1) is 5.41 Å². The lowest BCUT2D eigenvalue weighted by Gasteiger charge is -2.29. The molecule has 190 valence electrons. The van der Waals surface area contributed by atoms with Crippen molar-refractivity contribution >= 4 is 5.97 Å². The first kappa shape index (κ1) is 24.7. The lowest BCUT2D eigenvalue weighted by molar-refractivity contribution is -0.155. The Morgan fingerprint density at radius 3 is 1.86 bits per heavy atom. The van der Waals surface area contributed by atoms with Crippen LogP contribution in [-0.4, -0.2) is 26.5 Å². The number of hydrogen-bond acceptors (Lipinski definition) is 6. The average molecular weight is 499 g/mol. The summed E-state index contributed by atoms with van der Waals surface area (Å²) in [5.41, 5.74) is 0.915. The standard InChI is InChI=1S/C31H30O6/c1-30(2,3)29-36-28(32)31(37-29,22-9-7-6-8-10-22)25-19-26(20-11-15-23(33-4)16-12-20)35-27(25)21-13-17-24(34-5)18-14-21/h6-19,29H,1-5H3/t29-,31-/m1/s1. The molecule has 0 saturated carbocycles. The Labute approximate surface area is 216 Å². The first-order valence-corrected chi connectivity index (χ1v) is 12.1. The smallest absolute Gasteiger partial charge is 0.350 e. The Kier molecular flexibility index (Phi) is 6.30. The summed E-state index contributed by atoms with van der Waals surface area (Å²) in [6.07, 6.45) is -0.747. The molecule has 2 heterocycles. The monoisotopic (exact) mass is 498 g/mol. The van der Waals surface area contributed by atoms with E-state index in [2.05, 4.69) is 0 Å². The summed E-state index contributed by atoms with van der Waals surface area (Å²) in [6, 6.07) is 26.4. The van der Waals surface area contributed by atoms with E-state index in [1.807, 2.05) is 106 Å². The van der Waals surface area contributed by atoms with Gasteiger partial charge in [-0.25, -0.2) is 4.79 Å². The van der Waals surface area contributed by atoms with Gasteiger partial charge in [-0.15, -0.1) is 0 Å². The molecule has 4 aromatic rings. The van der Waals surface area contributed by atoms with Gasteiger partial charge in [-0.1, -0.05) is 51.1 Å². The number of ether oxygens (including phenoxy) is 4. The molecular formula is C31H30O6. The third-order valence-corrected chi connectivity index (χ3v) is 6.51. The van der Waals surface area contributed by atoms with Crippen molar-refractivity contribution in [1.82, 2.24) is 0 Å². The van der Waals surface area contributed by atoms with Crippen molar-refractivity contribution in [2.45, 2.75) is 32.7 Å². The minimum atomic E-state index is -1.51. The van der Waals surface area contributed by atoms with Crippen LogP contribution in [0.3, 0.4) is 0 Å². The van der Waals surface area contributed by atoms with E-state index in [1.165, 1.54) is 0 Å². The van der Waals surface area contributed by atoms with Gasteiger partial charge in [-0.05, 0) is 60.2 Å². The molecule has 1 aliphatic rings. The number of rotatable bonds is 6. The summed E-state index contributed by atoms with van der Waals surface area (Å²) >= 11 is 0. The molecule has 37 heavy (non-hydrogen) atoms. The molecule has 6 nitrogen and oxygen atoms in total. The van der Waals surface area contributed by atoms with E-state index in [9.17, 15) is 4.79 Å². The topological polar surface area (TPSA) is 67.1 Å². The molecule has 0 amide bonds. The Balaban J connectivity index is 1.75. The highest BCUT2D eigenvalue weighted by atomic mass is 16.8. The molecule has 1 aliphatic heterocycles. The Morgan fingerprint density at radius 2 is 1.35 bits per heavy atom. The van der Waals surface area contributed by atoms with Crippen LogP contribution in [0.4, 0.5) is 0 Å². The fourth-order valence-electron chi connectivity index (χ4n) is 4.46. The van der Waals surface area contributed by atoms with E-state index in [0.717, 1.165) is 16.9 Å². The van der Waals surface area contributed by atoms with Crippen molar-refractivity contribution in [1.29, 1.82) is 0 Å². The van der Waals surface area contributed by atoms with E-state index in [0.29, 0.717) is 28.4 Å². The van der Waals surface area contributed by atoms with Gasteiger partial charge < -0.3 is 23.4 Å². The van der Waals surface area contributed by atoms with E-state index in [1.54, 1.807) is 14.2 Å². The van der Waals surface area contributed by atoms with Crippen molar-refractivity contribution in [2.75, 3.05) is 14.2 Å². The van der Waals surface area contributed by atoms with Crippen molar-refractivity contribution in [3.63, 3.8) is 0 Å². The summed E-state index contributed by atoms with van der Waals surface area (Å²) in [5.74, 6) is 2.09. The molecule has 1 fully saturated rings. The molecular weight excluding hydrogens is 468 g/mol. The lowest BCUT2D eigenvalue weighted by atomic mass is 9.84. The highest BCUT2D eigenvalue weighted by Gasteiger charge is 2.57. The number of furan rings is 1. The average Bonchev–Trinajstić information content (AvgIpc) is 3.52. The van der Waals surface area contributed by atoms with E-state index in [4.69, 9.17) is 23.4 Å². The largest absolute Gasteiger partial charge is 0.497 e. The summed E-state index contributed by atoms with van der Waals surface area (Å²) < 4.78 is 29.7. The zero-order valence-corrected chi connectivity index (χ0v) is 21.6. The van der Waals surface area contributed by atoms with Gasteiger partial charge in [0.2, 0.25) is 11.9 Å². The molecule has 2 atom stereocenters. The second-order valence-corrected chi connectivity index (χ2v) is 10.1. The zero-order chi connectivity index (χ0) is 26.2. The number of esters is 1. The summed E-state index contributed by atoms with van der Waals surface area (Å²) in [6.45, 7) is 5.94. The molecule has 0 N–H and O–H groups in total. The maximum absolute atomic E-state index is 13.8. The molecule has 1 saturated heterocycles. The third kappa shape index (κ3) is 4.38. The number of methoxy groups -OCH3 is 2. The van der Waals surface area contributed by atoms with Gasteiger partial charge in [-0.2, -0.15) is 0 Å². The number of carbonyl (C=O) groups excluding carboxylic acids is 1. The van der Waals surface area contributed by atoms with E-state index in [-0.39, 0.29) is 0 Å². The maximum atomic E-state index is 13.8. The molecule has 3 aromatic carbocycles. The quantitative estimate of drug-likeness (QED) is 0.272. The van der Waals surface area contributed by atoms with Gasteiger partial charge in [0.1, 0.15) is 23.0 Å². The van der Waals surface area contributed by atoms with E-state index < -0.39 is 23.3 Å². The Hall–Kier alpha value is -4.03. The number of cyclic esters (lactones) is 1. The van der Waals surface area contributed by atoms with Crippen LogP contribution in [-0.2, 0) is 19.9 Å². The fraction of sp³-hybridized carbons (Fsp3) is 0.258. The molecule has 0 unspecified atom stereocenters. The highest BCUT2D eigenvalue weighted by molar-refractivity contribution is 5.90. The van der Waals surface area contributed by atoms with Crippen molar-refractivity contribution in [3.05, 3.63) is 96.1 Å². The minimum absolute atomic E-state index is 0.435. The van der Waals surface area contributed by atoms with Crippen molar-refractivity contribution in [3.8, 4) is 34.1 Å². The predicted molar refractivity (Wildman–Crippen MR) is 140 cm³/mol. The second kappa shape index (κ2) is 9.45. The molecule has 0 radical (unpaired) electrons. The molecule has 0 bridgehead atoms. The summed E-state index contributed by atoms with van der Waals surface area (Å²) in [7, 11) is 3.24. The molecule has 5 rings (SSSR count). The van der Waals surface area contributed by atoms with Crippen molar-refractivity contribution < 1.29 is 28.2 Å². The SMILES string of the molecule is COc1ccc(-c2cc([C@@]3(c4ccccc4)O[C@H](C(C)(C)C)OC3=O)c(-c3ccc(OC)cc3)o2)cc1. The molecule has 0 spiro atoms. The van der Waals surface area contributed by atoms with Crippen LogP contribution in [0.1, 0.15) is 31.9 Å².